The Morgan fingerprint density at radius 3 is 2.84 bits per heavy atom. The summed E-state index contributed by atoms with van der Waals surface area (Å²) in [6, 6.07) is 16.1. The van der Waals surface area contributed by atoms with Gasteiger partial charge < -0.3 is 10.2 Å². The standard InChI is InChI=1S/C19H16ClN3O2/c20-17-7-2-1-5-14(17)11-23-12-15(9-18(23)24)19(25)22-16-6-3-4-13(8-16)10-21/h1-8,15H,9,11-12H2,(H,22,25)/t15-/m0/s1. The first-order valence-corrected chi connectivity index (χ1v) is 8.27. The van der Waals surface area contributed by atoms with Crippen molar-refractivity contribution in [3.8, 4) is 6.07 Å². The molecule has 25 heavy (non-hydrogen) atoms. The second kappa shape index (κ2) is 7.37. The molecule has 1 heterocycles. The van der Waals surface area contributed by atoms with Crippen LogP contribution in [0.2, 0.25) is 5.02 Å². The number of nitrogens with zero attached hydrogens (tertiary/aromatic N) is 2. The number of nitriles is 1. The van der Waals surface area contributed by atoms with Crippen molar-refractivity contribution in [2.24, 2.45) is 5.92 Å². The van der Waals surface area contributed by atoms with Crippen LogP contribution in [-0.2, 0) is 16.1 Å². The van der Waals surface area contributed by atoms with Gasteiger partial charge in [0.15, 0.2) is 0 Å². The van der Waals surface area contributed by atoms with Crippen molar-refractivity contribution in [3.63, 3.8) is 0 Å². The highest BCUT2D eigenvalue weighted by Gasteiger charge is 2.34. The van der Waals surface area contributed by atoms with Gasteiger partial charge in [-0.3, -0.25) is 9.59 Å². The number of hydrogen-bond donors (Lipinski definition) is 1. The summed E-state index contributed by atoms with van der Waals surface area (Å²) < 4.78 is 0. The molecule has 3 rings (SSSR count). The minimum Gasteiger partial charge on any atom is -0.337 e. The third-order valence-electron chi connectivity index (χ3n) is 4.16. The first-order valence-electron chi connectivity index (χ1n) is 7.89. The number of likely N-dealkylation sites (tertiary alicyclic amines) is 1. The van der Waals surface area contributed by atoms with E-state index in [1.807, 2.05) is 24.3 Å². The fraction of sp³-hybridized carbons (Fsp3) is 0.211. The van der Waals surface area contributed by atoms with E-state index < -0.39 is 5.92 Å². The van der Waals surface area contributed by atoms with Crippen LogP contribution in [0.15, 0.2) is 48.5 Å². The molecule has 0 aromatic heterocycles. The van der Waals surface area contributed by atoms with Crippen molar-refractivity contribution in [1.82, 2.24) is 4.90 Å². The first-order chi connectivity index (χ1) is 12.1. The summed E-state index contributed by atoms with van der Waals surface area (Å²) >= 11 is 6.14. The summed E-state index contributed by atoms with van der Waals surface area (Å²) in [6.45, 7) is 0.750. The average Bonchev–Trinajstić information content (AvgIpc) is 2.98. The molecule has 1 atom stereocenters. The van der Waals surface area contributed by atoms with E-state index in [0.29, 0.717) is 29.4 Å². The van der Waals surface area contributed by atoms with E-state index in [-0.39, 0.29) is 18.2 Å². The van der Waals surface area contributed by atoms with Crippen molar-refractivity contribution in [2.75, 3.05) is 11.9 Å². The molecule has 0 spiro atoms. The van der Waals surface area contributed by atoms with Crippen LogP contribution >= 0.6 is 11.6 Å². The number of rotatable bonds is 4. The third kappa shape index (κ3) is 3.98. The zero-order chi connectivity index (χ0) is 17.8. The molecule has 0 bridgehead atoms. The number of halogens is 1. The SMILES string of the molecule is N#Cc1cccc(NC(=O)[C@H]2CC(=O)N(Cc3ccccc3Cl)C2)c1. The summed E-state index contributed by atoms with van der Waals surface area (Å²) in [7, 11) is 0. The summed E-state index contributed by atoms with van der Waals surface area (Å²) in [5, 5.41) is 12.3. The fourth-order valence-corrected chi connectivity index (χ4v) is 3.04. The molecule has 1 fully saturated rings. The van der Waals surface area contributed by atoms with Crippen molar-refractivity contribution in [2.45, 2.75) is 13.0 Å². The summed E-state index contributed by atoms with van der Waals surface area (Å²) in [5.74, 6) is -0.698. The van der Waals surface area contributed by atoms with Gasteiger partial charge in [-0.25, -0.2) is 0 Å². The predicted molar refractivity (Wildman–Crippen MR) is 94.8 cm³/mol. The van der Waals surface area contributed by atoms with E-state index in [9.17, 15) is 9.59 Å². The van der Waals surface area contributed by atoms with Crippen LogP contribution in [0.1, 0.15) is 17.5 Å². The molecule has 1 N–H and O–H groups in total. The van der Waals surface area contributed by atoms with Gasteiger partial charge in [0.2, 0.25) is 11.8 Å². The zero-order valence-electron chi connectivity index (χ0n) is 13.4. The Kier molecular flexibility index (Phi) is 5.01. The van der Waals surface area contributed by atoms with Crippen molar-refractivity contribution >= 4 is 29.1 Å². The molecule has 2 amide bonds. The predicted octanol–water partition coefficient (Wildman–Crippen LogP) is 3.20. The maximum atomic E-state index is 12.4. The largest absolute Gasteiger partial charge is 0.337 e. The Labute approximate surface area is 150 Å². The van der Waals surface area contributed by atoms with Gasteiger partial charge in [-0.1, -0.05) is 35.9 Å². The average molecular weight is 354 g/mol. The van der Waals surface area contributed by atoms with Crippen LogP contribution in [0.3, 0.4) is 0 Å². The van der Waals surface area contributed by atoms with Crippen LogP contribution in [0.25, 0.3) is 0 Å². The van der Waals surface area contributed by atoms with E-state index in [1.165, 1.54) is 0 Å². The maximum absolute atomic E-state index is 12.4. The fourth-order valence-electron chi connectivity index (χ4n) is 2.84. The number of carbonyl (C=O) groups is 2. The molecule has 1 aliphatic rings. The van der Waals surface area contributed by atoms with Gasteiger partial charge >= 0.3 is 0 Å². The highest BCUT2D eigenvalue weighted by molar-refractivity contribution is 6.31. The lowest BCUT2D eigenvalue weighted by atomic mass is 10.1. The van der Waals surface area contributed by atoms with Gasteiger partial charge in [-0.2, -0.15) is 5.26 Å². The van der Waals surface area contributed by atoms with Gasteiger partial charge in [0.25, 0.3) is 0 Å². The molecule has 5 nitrogen and oxygen atoms in total. The number of carbonyl (C=O) groups excluding carboxylic acids is 2. The number of amides is 2. The van der Waals surface area contributed by atoms with E-state index >= 15 is 0 Å². The number of hydrogen-bond acceptors (Lipinski definition) is 3. The first kappa shape index (κ1) is 17.0. The zero-order valence-corrected chi connectivity index (χ0v) is 14.2. The molecule has 6 heteroatoms. The monoisotopic (exact) mass is 353 g/mol. The molecule has 0 aliphatic carbocycles. The normalized spacial score (nSPS) is 16.6. The molecule has 1 saturated heterocycles. The quantitative estimate of drug-likeness (QED) is 0.917. The Bertz CT molecular complexity index is 860. The second-order valence-electron chi connectivity index (χ2n) is 5.95. The van der Waals surface area contributed by atoms with Crippen molar-refractivity contribution in [3.05, 3.63) is 64.7 Å². The third-order valence-corrected chi connectivity index (χ3v) is 4.53. The van der Waals surface area contributed by atoms with Crippen LogP contribution in [0.4, 0.5) is 5.69 Å². The molecular weight excluding hydrogens is 338 g/mol. The summed E-state index contributed by atoms with van der Waals surface area (Å²) in [4.78, 5) is 26.3. The minimum absolute atomic E-state index is 0.0640. The highest BCUT2D eigenvalue weighted by Crippen LogP contribution is 2.24. The van der Waals surface area contributed by atoms with E-state index in [0.717, 1.165) is 5.56 Å². The summed E-state index contributed by atoms with van der Waals surface area (Å²) in [6.07, 6.45) is 0.175. The molecule has 2 aromatic rings. The van der Waals surface area contributed by atoms with E-state index in [4.69, 9.17) is 16.9 Å². The Hall–Kier alpha value is -2.84. The topological polar surface area (TPSA) is 73.2 Å². The number of benzene rings is 2. The Balaban J connectivity index is 1.64. The van der Waals surface area contributed by atoms with Crippen LogP contribution < -0.4 is 5.32 Å². The number of nitrogens with one attached hydrogen (secondary N) is 1. The lowest BCUT2D eigenvalue weighted by molar-refractivity contribution is -0.128. The maximum Gasteiger partial charge on any atom is 0.229 e. The lowest BCUT2D eigenvalue weighted by Crippen LogP contribution is -2.28. The smallest absolute Gasteiger partial charge is 0.229 e. The number of anilines is 1. The van der Waals surface area contributed by atoms with Gasteiger partial charge in [-0.05, 0) is 29.8 Å². The van der Waals surface area contributed by atoms with Crippen molar-refractivity contribution < 1.29 is 9.59 Å². The van der Waals surface area contributed by atoms with Crippen molar-refractivity contribution in [1.29, 1.82) is 5.26 Å². The minimum atomic E-state index is -0.416. The van der Waals surface area contributed by atoms with Gasteiger partial charge in [0.05, 0.1) is 17.6 Å². The second-order valence-corrected chi connectivity index (χ2v) is 6.36. The molecule has 0 radical (unpaired) electrons. The lowest BCUT2D eigenvalue weighted by Gasteiger charge is -2.17. The molecule has 2 aromatic carbocycles. The Morgan fingerprint density at radius 2 is 2.08 bits per heavy atom. The van der Waals surface area contributed by atoms with Gasteiger partial charge in [0.1, 0.15) is 0 Å². The molecule has 0 unspecified atom stereocenters. The van der Waals surface area contributed by atoms with E-state index in [2.05, 4.69) is 5.32 Å². The molecule has 1 aliphatic heterocycles. The van der Waals surface area contributed by atoms with Gasteiger partial charge in [-0.15, -0.1) is 0 Å². The Morgan fingerprint density at radius 1 is 1.28 bits per heavy atom. The molecule has 0 saturated carbocycles. The van der Waals surface area contributed by atoms with Crippen LogP contribution in [0, 0.1) is 17.2 Å². The van der Waals surface area contributed by atoms with Crippen LogP contribution in [-0.4, -0.2) is 23.3 Å². The van der Waals surface area contributed by atoms with Gasteiger partial charge in [0, 0.05) is 30.2 Å². The summed E-state index contributed by atoms with van der Waals surface area (Å²) in [5.41, 5.74) is 1.89. The molecular formula is C19H16ClN3O2. The van der Waals surface area contributed by atoms with E-state index in [1.54, 1.807) is 35.2 Å². The van der Waals surface area contributed by atoms with Crippen LogP contribution in [0.5, 0.6) is 0 Å². The molecule has 126 valence electrons. The highest BCUT2D eigenvalue weighted by atomic mass is 35.5.